The van der Waals surface area contributed by atoms with Gasteiger partial charge in [-0.2, -0.15) is 10.5 Å². The van der Waals surface area contributed by atoms with E-state index in [9.17, 15) is 10.5 Å². The minimum Gasteiger partial charge on any atom is -0.309 e. The quantitative estimate of drug-likeness (QED) is 0.254. The van der Waals surface area contributed by atoms with Gasteiger partial charge < -0.3 is 8.97 Å². The van der Waals surface area contributed by atoms with Crippen molar-refractivity contribution in [3.05, 3.63) is 108 Å². The summed E-state index contributed by atoms with van der Waals surface area (Å²) >= 11 is 0. The number of rotatable bonds is 1. The summed E-state index contributed by atoms with van der Waals surface area (Å²) in [6.45, 7) is 0. The Balaban J connectivity index is 1.62. The van der Waals surface area contributed by atoms with Gasteiger partial charge in [-0.1, -0.05) is 48.5 Å². The Kier molecular flexibility index (Phi) is 3.51. The predicted octanol–water partition coefficient (Wildman–Crippen LogP) is 7.68. The van der Waals surface area contributed by atoms with E-state index in [2.05, 4.69) is 81.8 Å². The van der Waals surface area contributed by atoms with Gasteiger partial charge in [-0.05, 0) is 48.5 Å². The molecule has 0 saturated heterocycles. The zero-order valence-corrected chi connectivity index (χ0v) is 19.0. The highest BCUT2D eigenvalue weighted by Gasteiger charge is 2.21. The molecular weight excluding hydrogens is 440 g/mol. The van der Waals surface area contributed by atoms with E-state index in [1.54, 1.807) is 0 Å². The fourth-order valence-corrected chi connectivity index (χ4v) is 6.00. The lowest BCUT2D eigenvalue weighted by Gasteiger charge is -2.09. The Morgan fingerprint density at radius 3 is 1.44 bits per heavy atom. The van der Waals surface area contributed by atoms with Crippen molar-refractivity contribution in [2.24, 2.45) is 0 Å². The molecule has 0 bridgehead atoms. The van der Waals surface area contributed by atoms with Crippen LogP contribution in [0.2, 0.25) is 0 Å². The number of benzene rings is 5. The first-order valence-corrected chi connectivity index (χ1v) is 11.8. The Hall–Kier alpha value is -5.32. The number of fused-ring (bicyclic) bond motifs is 9. The number of nitriles is 2. The monoisotopic (exact) mass is 456 g/mol. The van der Waals surface area contributed by atoms with E-state index in [1.807, 2.05) is 36.4 Å². The van der Waals surface area contributed by atoms with E-state index in [0.717, 1.165) is 43.8 Å². The van der Waals surface area contributed by atoms with E-state index < -0.39 is 0 Å². The summed E-state index contributed by atoms with van der Waals surface area (Å²) < 4.78 is 4.56. The van der Waals surface area contributed by atoms with Crippen LogP contribution in [0, 0.1) is 22.7 Å². The van der Waals surface area contributed by atoms with Crippen LogP contribution in [0.4, 0.5) is 0 Å². The average Bonchev–Trinajstić information content (AvgIpc) is 3.56. The van der Waals surface area contributed by atoms with Crippen molar-refractivity contribution in [1.82, 2.24) is 8.97 Å². The highest BCUT2D eigenvalue weighted by atomic mass is 15.0. The van der Waals surface area contributed by atoms with E-state index in [-0.39, 0.29) is 0 Å². The van der Waals surface area contributed by atoms with Crippen molar-refractivity contribution >= 4 is 59.9 Å². The summed E-state index contributed by atoms with van der Waals surface area (Å²) in [6.07, 6.45) is 0. The molecule has 0 atom stereocenters. The van der Waals surface area contributed by atoms with E-state index >= 15 is 0 Å². The Morgan fingerprint density at radius 1 is 0.472 bits per heavy atom. The number of para-hydroxylation sites is 2. The van der Waals surface area contributed by atoms with Crippen LogP contribution in [0.25, 0.3) is 65.6 Å². The summed E-state index contributed by atoms with van der Waals surface area (Å²) in [6, 6.07) is 37.9. The molecule has 0 saturated carbocycles. The summed E-state index contributed by atoms with van der Waals surface area (Å²) in [5, 5.41) is 26.1. The second kappa shape index (κ2) is 6.63. The van der Waals surface area contributed by atoms with Crippen LogP contribution in [0.1, 0.15) is 11.1 Å². The molecule has 0 aliphatic heterocycles. The third-order valence-corrected chi connectivity index (χ3v) is 7.47. The van der Waals surface area contributed by atoms with Gasteiger partial charge in [0.2, 0.25) is 0 Å². The molecule has 0 N–H and O–H groups in total. The molecule has 8 aromatic rings. The van der Waals surface area contributed by atoms with Gasteiger partial charge in [-0.25, -0.2) is 0 Å². The van der Waals surface area contributed by atoms with Gasteiger partial charge in [-0.3, -0.25) is 0 Å². The number of hydrogen-bond donors (Lipinski definition) is 0. The molecule has 4 heteroatoms. The first-order chi connectivity index (χ1) is 17.8. The lowest BCUT2D eigenvalue weighted by atomic mass is 10.0. The minimum absolute atomic E-state index is 0.621. The third kappa shape index (κ3) is 2.26. The van der Waals surface area contributed by atoms with Gasteiger partial charge in [-0.15, -0.1) is 0 Å². The summed E-state index contributed by atoms with van der Waals surface area (Å²) in [5.74, 6) is 0. The summed E-state index contributed by atoms with van der Waals surface area (Å²) in [7, 11) is 0. The van der Waals surface area contributed by atoms with Crippen LogP contribution in [-0.4, -0.2) is 8.97 Å². The molecule has 5 aromatic carbocycles. The Bertz CT molecular complexity index is 2130. The van der Waals surface area contributed by atoms with Gasteiger partial charge >= 0.3 is 0 Å². The molecule has 0 aliphatic carbocycles. The van der Waals surface area contributed by atoms with Gasteiger partial charge in [0.25, 0.3) is 0 Å². The van der Waals surface area contributed by atoms with Gasteiger partial charge in [0.15, 0.2) is 0 Å². The number of hydrogen-bond acceptors (Lipinski definition) is 2. The Morgan fingerprint density at radius 2 is 0.944 bits per heavy atom. The fraction of sp³-hybridized carbons (Fsp3) is 0. The zero-order chi connectivity index (χ0) is 24.0. The van der Waals surface area contributed by atoms with Gasteiger partial charge in [0, 0.05) is 38.0 Å². The maximum Gasteiger partial charge on any atom is 0.0992 e. The summed E-state index contributed by atoms with van der Waals surface area (Å²) in [4.78, 5) is 0. The molecule has 36 heavy (non-hydrogen) atoms. The predicted molar refractivity (Wildman–Crippen MR) is 145 cm³/mol. The molecule has 3 heterocycles. The van der Waals surface area contributed by atoms with Gasteiger partial charge in [0.1, 0.15) is 0 Å². The maximum absolute atomic E-state index is 9.59. The van der Waals surface area contributed by atoms with Crippen molar-refractivity contribution in [3.8, 4) is 17.8 Å². The molecule has 4 nitrogen and oxygen atoms in total. The number of nitrogens with zero attached hydrogens (tertiary/aromatic N) is 4. The van der Waals surface area contributed by atoms with Crippen LogP contribution in [-0.2, 0) is 0 Å². The molecule has 0 radical (unpaired) electrons. The summed E-state index contributed by atoms with van der Waals surface area (Å²) in [5.41, 5.74) is 7.76. The average molecular weight is 457 g/mol. The maximum atomic E-state index is 9.59. The van der Waals surface area contributed by atoms with Crippen LogP contribution in [0.15, 0.2) is 97.1 Å². The standard InChI is InChI=1S/C32H16N4/c33-17-19-9-11-24-26-15-21(35-28-7-3-1-5-22(28)23-6-2-4-8-29(23)35)16-27-25-12-10-20(18-34)14-31(25)36(32(26)27)30(24)13-19/h1-16H. The molecule has 3 aromatic heterocycles. The van der Waals surface area contributed by atoms with Crippen molar-refractivity contribution in [2.75, 3.05) is 0 Å². The van der Waals surface area contributed by atoms with Crippen molar-refractivity contribution < 1.29 is 0 Å². The molecule has 8 rings (SSSR count). The fourth-order valence-electron chi connectivity index (χ4n) is 6.00. The van der Waals surface area contributed by atoms with Gasteiger partial charge in [0.05, 0.1) is 50.8 Å². The van der Waals surface area contributed by atoms with Crippen LogP contribution < -0.4 is 0 Å². The second-order valence-electron chi connectivity index (χ2n) is 9.28. The van der Waals surface area contributed by atoms with Crippen molar-refractivity contribution in [3.63, 3.8) is 0 Å². The van der Waals surface area contributed by atoms with E-state index in [1.165, 1.54) is 21.8 Å². The number of aromatic nitrogens is 2. The van der Waals surface area contributed by atoms with Crippen molar-refractivity contribution in [2.45, 2.75) is 0 Å². The molecule has 0 amide bonds. The highest BCUT2D eigenvalue weighted by molar-refractivity contribution is 6.24. The van der Waals surface area contributed by atoms with E-state index in [0.29, 0.717) is 11.1 Å². The molecule has 0 fully saturated rings. The van der Waals surface area contributed by atoms with E-state index in [4.69, 9.17) is 0 Å². The molecule has 0 aliphatic rings. The lowest BCUT2D eigenvalue weighted by molar-refractivity contribution is 1.19. The Labute approximate surface area is 205 Å². The SMILES string of the molecule is N#Cc1ccc2c3cc(-n4c5ccccc5c5ccccc54)cc4c5ccc(C#N)cc5n(c2c1)c34. The molecule has 164 valence electrons. The van der Waals surface area contributed by atoms with Crippen LogP contribution >= 0.6 is 0 Å². The normalized spacial score (nSPS) is 11.8. The van der Waals surface area contributed by atoms with Crippen LogP contribution in [0.5, 0.6) is 0 Å². The molecular formula is C32H16N4. The smallest absolute Gasteiger partial charge is 0.0992 e. The van der Waals surface area contributed by atoms with Crippen molar-refractivity contribution in [1.29, 1.82) is 10.5 Å². The molecule has 0 unspecified atom stereocenters. The zero-order valence-electron chi connectivity index (χ0n) is 19.0. The molecule has 0 spiro atoms. The lowest BCUT2D eigenvalue weighted by Crippen LogP contribution is -1.93. The minimum atomic E-state index is 0.621. The largest absolute Gasteiger partial charge is 0.309 e. The first kappa shape index (κ1) is 19.0. The second-order valence-corrected chi connectivity index (χ2v) is 9.28. The third-order valence-electron chi connectivity index (χ3n) is 7.47. The first-order valence-electron chi connectivity index (χ1n) is 11.8. The highest BCUT2D eigenvalue weighted by Crippen LogP contribution is 2.42. The topological polar surface area (TPSA) is 56.9 Å². The van der Waals surface area contributed by atoms with Crippen LogP contribution in [0.3, 0.4) is 0 Å².